The van der Waals surface area contributed by atoms with Gasteiger partial charge in [0.25, 0.3) is 0 Å². The lowest BCUT2D eigenvalue weighted by Crippen LogP contribution is -2.44. The van der Waals surface area contributed by atoms with Crippen LogP contribution < -0.4 is 5.32 Å². The first-order valence-electron chi connectivity index (χ1n) is 9.74. The van der Waals surface area contributed by atoms with Gasteiger partial charge >= 0.3 is 5.97 Å². The van der Waals surface area contributed by atoms with Crippen molar-refractivity contribution in [3.8, 4) is 0 Å². The van der Waals surface area contributed by atoms with E-state index in [0.717, 1.165) is 5.69 Å². The Kier molecular flexibility index (Phi) is 6.63. The molecule has 1 fully saturated rings. The van der Waals surface area contributed by atoms with Crippen LogP contribution in [-0.4, -0.2) is 54.3 Å². The van der Waals surface area contributed by atoms with Crippen LogP contribution in [0.3, 0.4) is 0 Å². The fourth-order valence-electron chi connectivity index (χ4n) is 3.65. The molecule has 1 unspecified atom stereocenters. The van der Waals surface area contributed by atoms with Gasteiger partial charge in [-0.15, -0.1) is 11.3 Å². The molecule has 0 aliphatic carbocycles. The van der Waals surface area contributed by atoms with E-state index in [1.54, 1.807) is 20.8 Å². The number of hydrogen-bond acceptors (Lipinski definition) is 7. The molecule has 0 bridgehead atoms. The molecule has 9 nitrogen and oxygen atoms in total. The first kappa shape index (κ1) is 22.4. The van der Waals surface area contributed by atoms with Gasteiger partial charge in [0.05, 0.1) is 18.2 Å². The van der Waals surface area contributed by atoms with Gasteiger partial charge in [0.2, 0.25) is 15.9 Å². The molecule has 0 radical (unpaired) electrons. The van der Waals surface area contributed by atoms with Crippen LogP contribution in [0.2, 0.25) is 0 Å². The van der Waals surface area contributed by atoms with Gasteiger partial charge in [-0.3, -0.25) is 4.79 Å². The van der Waals surface area contributed by atoms with E-state index in [1.807, 2.05) is 12.3 Å². The number of anilines is 1. The highest BCUT2D eigenvalue weighted by molar-refractivity contribution is 7.89. The normalized spacial score (nSPS) is 17.7. The zero-order valence-electron chi connectivity index (χ0n) is 17.4. The molecule has 0 aromatic carbocycles. The Morgan fingerprint density at radius 2 is 2.07 bits per heavy atom. The molecule has 30 heavy (non-hydrogen) atoms. The fourth-order valence-corrected chi connectivity index (χ4v) is 6.28. The lowest BCUT2D eigenvalue weighted by atomic mass is 9.99. The SMILES string of the molecule is CCOC(=O)c1c(C)[nH]c(C)c1S(=O)(=O)N1CCCC(C(=O)Nc2nc(C)cs2)C1. The predicted octanol–water partition coefficient (Wildman–Crippen LogP) is 2.61. The molecule has 0 saturated carbocycles. The maximum absolute atomic E-state index is 13.4. The maximum atomic E-state index is 13.4. The number of rotatable bonds is 6. The second kappa shape index (κ2) is 8.86. The van der Waals surface area contributed by atoms with Crippen molar-refractivity contribution in [1.29, 1.82) is 0 Å². The summed E-state index contributed by atoms with van der Waals surface area (Å²) in [5.41, 5.74) is 1.66. The van der Waals surface area contributed by atoms with Crippen molar-refractivity contribution in [2.45, 2.75) is 45.4 Å². The van der Waals surface area contributed by atoms with Crippen LogP contribution in [0.15, 0.2) is 10.3 Å². The van der Waals surface area contributed by atoms with Gasteiger partial charge in [-0.1, -0.05) is 0 Å². The third kappa shape index (κ3) is 4.42. The van der Waals surface area contributed by atoms with Crippen molar-refractivity contribution < 1.29 is 22.7 Å². The van der Waals surface area contributed by atoms with E-state index in [-0.39, 0.29) is 36.1 Å². The Hall–Kier alpha value is -2.24. The molecule has 2 aromatic heterocycles. The Labute approximate surface area is 179 Å². The molecule has 2 N–H and O–H groups in total. The molecular weight excluding hydrogens is 428 g/mol. The van der Waals surface area contributed by atoms with E-state index in [1.165, 1.54) is 15.6 Å². The summed E-state index contributed by atoms with van der Waals surface area (Å²) >= 11 is 1.33. The van der Waals surface area contributed by atoms with Crippen molar-refractivity contribution in [1.82, 2.24) is 14.3 Å². The monoisotopic (exact) mass is 454 g/mol. The first-order chi connectivity index (χ1) is 14.1. The van der Waals surface area contributed by atoms with Crippen LogP contribution in [0.25, 0.3) is 0 Å². The summed E-state index contributed by atoms with van der Waals surface area (Å²) in [7, 11) is -3.99. The number of nitrogens with zero attached hydrogens (tertiary/aromatic N) is 2. The van der Waals surface area contributed by atoms with Gasteiger partial charge in [-0.2, -0.15) is 4.31 Å². The van der Waals surface area contributed by atoms with E-state index in [0.29, 0.717) is 29.4 Å². The van der Waals surface area contributed by atoms with Crippen molar-refractivity contribution >= 4 is 38.4 Å². The van der Waals surface area contributed by atoms with Crippen LogP contribution in [0.1, 0.15) is 47.2 Å². The Balaban J connectivity index is 1.84. The highest BCUT2D eigenvalue weighted by atomic mass is 32.2. The first-order valence-corrected chi connectivity index (χ1v) is 12.1. The highest BCUT2D eigenvalue weighted by Gasteiger charge is 2.38. The summed E-state index contributed by atoms with van der Waals surface area (Å²) in [6.07, 6.45) is 1.13. The van der Waals surface area contributed by atoms with Gasteiger partial charge < -0.3 is 15.0 Å². The minimum absolute atomic E-state index is 0.0270. The van der Waals surface area contributed by atoms with Crippen molar-refractivity contribution in [3.63, 3.8) is 0 Å². The van der Waals surface area contributed by atoms with E-state index in [2.05, 4.69) is 15.3 Å². The molecule has 1 aliphatic rings. The average molecular weight is 455 g/mol. The lowest BCUT2D eigenvalue weighted by molar-refractivity contribution is -0.120. The summed E-state index contributed by atoms with van der Waals surface area (Å²) in [6.45, 7) is 7.23. The summed E-state index contributed by atoms with van der Waals surface area (Å²) in [4.78, 5) is 32.2. The molecule has 0 spiro atoms. The molecule has 1 atom stereocenters. The van der Waals surface area contributed by atoms with E-state index >= 15 is 0 Å². The number of carbonyl (C=O) groups is 2. The largest absolute Gasteiger partial charge is 0.462 e. The second-order valence-corrected chi connectivity index (χ2v) is 10.0. The summed E-state index contributed by atoms with van der Waals surface area (Å²) < 4.78 is 33.2. The zero-order chi connectivity index (χ0) is 22.1. The summed E-state index contributed by atoms with van der Waals surface area (Å²) in [5, 5.41) is 5.11. The third-order valence-electron chi connectivity index (χ3n) is 5.00. The number of piperidine rings is 1. The molecule has 11 heteroatoms. The topological polar surface area (TPSA) is 121 Å². The minimum atomic E-state index is -3.99. The number of carbonyl (C=O) groups excluding carboxylic acids is 2. The zero-order valence-corrected chi connectivity index (χ0v) is 19.1. The van der Waals surface area contributed by atoms with Crippen LogP contribution in [0.5, 0.6) is 0 Å². The van der Waals surface area contributed by atoms with Crippen LogP contribution in [0.4, 0.5) is 5.13 Å². The molecule has 1 amide bonds. The van der Waals surface area contributed by atoms with E-state index < -0.39 is 21.9 Å². The third-order valence-corrected chi connectivity index (χ3v) is 7.91. The van der Waals surface area contributed by atoms with Gasteiger partial charge in [0.15, 0.2) is 5.13 Å². The quantitative estimate of drug-likeness (QED) is 0.647. The van der Waals surface area contributed by atoms with Crippen LogP contribution in [-0.2, 0) is 19.6 Å². The van der Waals surface area contributed by atoms with Crippen molar-refractivity contribution in [3.05, 3.63) is 28.0 Å². The number of amides is 1. The van der Waals surface area contributed by atoms with Crippen LogP contribution in [0, 0.1) is 26.7 Å². The Morgan fingerprint density at radius 3 is 2.70 bits per heavy atom. The smallest absolute Gasteiger partial charge is 0.341 e. The van der Waals surface area contributed by atoms with Crippen molar-refractivity contribution in [2.75, 3.05) is 25.0 Å². The number of aromatic amines is 1. The van der Waals surface area contributed by atoms with Gasteiger partial charge in [-0.25, -0.2) is 18.2 Å². The summed E-state index contributed by atoms with van der Waals surface area (Å²) in [5.74, 6) is -1.43. The lowest BCUT2D eigenvalue weighted by Gasteiger charge is -2.31. The summed E-state index contributed by atoms with van der Waals surface area (Å²) in [6, 6.07) is 0. The number of ether oxygens (including phenoxy) is 1. The van der Waals surface area contributed by atoms with E-state index in [4.69, 9.17) is 4.74 Å². The molecule has 1 saturated heterocycles. The number of H-pyrrole nitrogens is 1. The number of thiazole rings is 1. The number of nitrogens with one attached hydrogen (secondary N) is 2. The molecule has 3 rings (SSSR count). The number of aryl methyl sites for hydroxylation is 3. The molecule has 2 aromatic rings. The highest BCUT2D eigenvalue weighted by Crippen LogP contribution is 2.31. The van der Waals surface area contributed by atoms with Gasteiger partial charge in [-0.05, 0) is 40.5 Å². The minimum Gasteiger partial charge on any atom is -0.462 e. The molecular formula is C19H26N4O5S2. The standard InChI is InChI=1S/C19H26N4O5S2/c1-5-28-18(25)15-12(3)21-13(4)16(15)30(26,27)23-8-6-7-14(9-23)17(24)22-19-20-11(2)10-29-19/h10,14,21H,5-9H2,1-4H3,(H,20,22,24). The fraction of sp³-hybridized carbons (Fsp3) is 0.526. The van der Waals surface area contributed by atoms with E-state index in [9.17, 15) is 18.0 Å². The van der Waals surface area contributed by atoms with Crippen LogP contribution >= 0.6 is 11.3 Å². The van der Waals surface area contributed by atoms with Gasteiger partial charge in [0.1, 0.15) is 10.5 Å². The van der Waals surface area contributed by atoms with Crippen molar-refractivity contribution in [2.24, 2.45) is 5.92 Å². The maximum Gasteiger partial charge on any atom is 0.341 e. The number of sulfonamides is 1. The second-order valence-electron chi connectivity index (χ2n) is 7.29. The average Bonchev–Trinajstić information content (AvgIpc) is 3.23. The Morgan fingerprint density at radius 1 is 1.33 bits per heavy atom. The number of hydrogen-bond donors (Lipinski definition) is 2. The number of aromatic nitrogens is 2. The molecule has 3 heterocycles. The van der Waals surface area contributed by atoms with Gasteiger partial charge in [0, 0.05) is 29.9 Å². The molecule has 164 valence electrons. The molecule has 1 aliphatic heterocycles. The number of esters is 1. The Bertz CT molecular complexity index is 1060. The predicted molar refractivity (Wildman–Crippen MR) is 113 cm³/mol.